The predicted octanol–water partition coefficient (Wildman–Crippen LogP) is 1.87. The van der Waals surface area contributed by atoms with Crippen molar-refractivity contribution in [2.75, 3.05) is 19.6 Å². The number of likely N-dealkylation sites (N-methyl/N-ethyl adjacent to an activating group) is 1. The minimum atomic E-state index is 0.505. The van der Waals surface area contributed by atoms with Gasteiger partial charge in [0, 0.05) is 24.4 Å². The van der Waals surface area contributed by atoms with Crippen LogP contribution >= 0.6 is 11.6 Å². The minimum Gasteiger partial charge on any atom is -0.332 e. The Morgan fingerprint density at radius 1 is 1.77 bits per heavy atom. The van der Waals surface area contributed by atoms with Crippen LogP contribution in [-0.2, 0) is 0 Å². The maximum absolute atomic E-state index is 5.73. The quantitative estimate of drug-likeness (QED) is 0.789. The number of nitrogens with one attached hydrogen (secondary N) is 1. The van der Waals surface area contributed by atoms with Gasteiger partial charge in [-0.2, -0.15) is 0 Å². The number of nitrogens with zero attached hydrogens (tertiary/aromatic N) is 2. The van der Waals surface area contributed by atoms with Crippen molar-refractivity contribution in [2.24, 2.45) is 0 Å². The van der Waals surface area contributed by atoms with Crippen molar-refractivity contribution in [3.05, 3.63) is 17.2 Å². The van der Waals surface area contributed by atoms with Crippen molar-refractivity contribution in [2.45, 2.75) is 19.3 Å². The molecule has 1 fully saturated rings. The van der Waals surface area contributed by atoms with E-state index in [2.05, 4.69) is 21.8 Å². The third-order valence-electron chi connectivity index (χ3n) is 2.72. The summed E-state index contributed by atoms with van der Waals surface area (Å²) in [6, 6.07) is 0. The SMILES string of the molecule is CCN1CCC(c2cnc(Cl)[nH]2)C1. The smallest absolute Gasteiger partial charge is 0.200 e. The maximum Gasteiger partial charge on any atom is 0.200 e. The van der Waals surface area contributed by atoms with E-state index in [0.717, 1.165) is 13.1 Å². The molecule has 2 heterocycles. The standard InChI is InChI=1S/C9H14ClN3/c1-2-13-4-3-7(6-13)8-5-11-9(10)12-8/h5,7H,2-4,6H2,1H3,(H,11,12). The highest BCUT2D eigenvalue weighted by Crippen LogP contribution is 2.25. The molecule has 72 valence electrons. The molecule has 0 aromatic carbocycles. The normalized spacial score (nSPS) is 24.0. The first kappa shape index (κ1) is 9.03. The van der Waals surface area contributed by atoms with Gasteiger partial charge in [0.2, 0.25) is 0 Å². The molecule has 1 atom stereocenters. The second-order valence-corrected chi connectivity index (χ2v) is 3.87. The van der Waals surface area contributed by atoms with E-state index >= 15 is 0 Å². The average molecular weight is 200 g/mol. The van der Waals surface area contributed by atoms with E-state index in [-0.39, 0.29) is 0 Å². The second-order valence-electron chi connectivity index (χ2n) is 3.51. The molecule has 1 unspecified atom stereocenters. The Balaban J connectivity index is 2.03. The molecule has 0 radical (unpaired) electrons. The lowest BCUT2D eigenvalue weighted by Gasteiger charge is -2.11. The molecule has 4 heteroatoms. The molecule has 2 rings (SSSR count). The fraction of sp³-hybridized carbons (Fsp3) is 0.667. The van der Waals surface area contributed by atoms with Gasteiger partial charge in [0.1, 0.15) is 0 Å². The van der Waals surface area contributed by atoms with Crippen molar-refractivity contribution in [1.82, 2.24) is 14.9 Å². The van der Waals surface area contributed by atoms with Crippen LogP contribution in [-0.4, -0.2) is 34.5 Å². The third kappa shape index (κ3) is 1.86. The van der Waals surface area contributed by atoms with Gasteiger partial charge in [-0.1, -0.05) is 6.92 Å². The summed E-state index contributed by atoms with van der Waals surface area (Å²) >= 11 is 5.73. The Labute approximate surface area is 83.1 Å². The first-order chi connectivity index (χ1) is 6.29. The molecule has 1 aromatic rings. The molecule has 1 aromatic heterocycles. The molecule has 0 aliphatic carbocycles. The van der Waals surface area contributed by atoms with Crippen LogP contribution in [0.1, 0.15) is 25.0 Å². The van der Waals surface area contributed by atoms with Gasteiger partial charge in [0.25, 0.3) is 0 Å². The molecule has 1 saturated heterocycles. The summed E-state index contributed by atoms with van der Waals surface area (Å²) in [5, 5.41) is 0.505. The molecular weight excluding hydrogens is 186 g/mol. The molecule has 0 amide bonds. The van der Waals surface area contributed by atoms with E-state index in [4.69, 9.17) is 11.6 Å². The number of imidazole rings is 1. The van der Waals surface area contributed by atoms with Crippen molar-refractivity contribution in [3.63, 3.8) is 0 Å². The van der Waals surface area contributed by atoms with Crippen LogP contribution in [0.4, 0.5) is 0 Å². The van der Waals surface area contributed by atoms with E-state index in [0.29, 0.717) is 11.2 Å². The van der Waals surface area contributed by atoms with Gasteiger partial charge < -0.3 is 9.88 Å². The van der Waals surface area contributed by atoms with Crippen molar-refractivity contribution < 1.29 is 0 Å². The van der Waals surface area contributed by atoms with Gasteiger partial charge in [-0.15, -0.1) is 0 Å². The van der Waals surface area contributed by atoms with Gasteiger partial charge in [0.05, 0.1) is 0 Å². The fourth-order valence-corrected chi connectivity index (χ4v) is 2.05. The Bertz CT molecular complexity index is 284. The zero-order valence-corrected chi connectivity index (χ0v) is 8.51. The second kappa shape index (κ2) is 3.68. The molecule has 1 N–H and O–H groups in total. The molecule has 0 saturated carbocycles. The van der Waals surface area contributed by atoms with Crippen molar-refractivity contribution in [1.29, 1.82) is 0 Å². The van der Waals surface area contributed by atoms with Gasteiger partial charge >= 0.3 is 0 Å². The van der Waals surface area contributed by atoms with Crippen molar-refractivity contribution >= 4 is 11.6 Å². The summed E-state index contributed by atoms with van der Waals surface area (Å²) in [6.45, 7) is 5.66. The van der Waals surface area contributed by atoms with E-state index in [1.807, 2.05) is 6.20 Å². The van der Waals surface area contributed by atoms with Gasteiger partial charge in [-0.25, -0.2) is 4.98 Å². The maximum atomic E-state index is 5.73. The molecule has 0 bridgehead atoms. The zero-order valence-electron chi connectivity index (χ0n) is 7.76. The topological polar surface area (TPSA) is 31.9 Å². The van der Waals surface area contributed by atoms with Crippen LogP contribution in [0, 0.1) is 0 Å². The highest BCUT2D eigenvalue weighted by molar-refractivity contribution is 6.28. The van der Waals surface area contributed by atoms with Crippen LogP contribution in [0.3, 0.4) is 0 Å². The van der Waals surface area contributed by atoms with Gasteiger partial charge in [-0.3, -0.25) is 0 Å². The lowest BCUT2D eigenvalue weighted by atomic mass is 10.1. The summed E-state index contributed by atoms with van der Waals surface area (Å²) in [5.41, 5.74) is 1.18. The summed E-state index contributed by atoms with van der Waals surface area (Å²) in [7, 11) is 0. The molecule has 3 nitrogen and oxygen atoms in total. The van der Waals surface area contributed by atoms with Crippen LogP contribution in [0.15, 0.2) is 6.20 Å². The first-order valence-corrected chi connectivity index (χ1v) is 5.10. The number of aromatic amines is 1. The monoisotopic (exact) mass is 199 g/mol. The lowest BCUT2D eigenvalue weighted by molar-refractivity contribution is 0.353. The molecule has 0 spiro atoms. The Hall–Kier alpha value is -0.540. The number of H-pyrrole nitrogens is 1. The average Bonchev–Trinajstić information content (AvgIpc) is 2.71. The van der Waals surface area contributed by atoms with Gasteiger partial charge in [-0.05, 0) is 31.1 Å². The van der Waals surface area contributed by atoms with Crippen LogP contribution in [0.2, 0.25) is 5.28 Å². The summed E-state index contributed by atoms with van der Waals surface area (Å²) in [4.78, 5) is 9.54. The summed E-state index contributed by atoms with van der Waals surface area (Å²) in [5.74, 6) is 0.597. The molecular formula is C9H14ClN3. The van der Waals surface area contributed by atoms with E-state index in [1.54, 1.807) is 0 Å². The molecule has 13 heavy (non-hydrogen) atoms. The Morgan fingerprint density at radius 2 is 2.62 bits per heavy atom. The molecule has 1 aliphatic rings. The van der Waals surface area contributed by atoms with E-state index < -0.39 is 0 Å². The van der Waals surface area contributed by atoms with Crippen LogP contribution in [0.25, 0.3) is 0 Å². The Kier molecular flexibility index (Phi) is 2.56. The summed E-state index contributed by atoms with van der Waals surface area (Å²) < 4.78 is 0. The van der Waals surface area contributed by atoms with Crippen molar-refractivity contribution in [3.8, 4) is 0 Å². The third-order valence-corrected chi connectivity index (χ3v) is 2.92. The number of hydrogen-bond donors (Lipinski definition) is 1. The van der Waals surface area contributed by atoms with Gasteiger partial charge in [0.15, 0.2) is 5.28 Å². The predicted molar refractivity (Wildman–Crippen MR) is 53.1 cm³/mol. The highest BCUT2D eigenvalue weighted by atomic mass is 35.5. The zero-order chi connectivity index (χ0) is 9.26. The van der Waals surface area contributed by atoms with Crippen LogP contribution < -0.4 is 0 Å². The Morgan fingerprint density at radius 3 is 3.15 bits per heavy atom. The summed E-state index contributed by atoms with van der Waals surface area (Å²) in [6.07, 6.45) is 3.07. The van der Waals surface area contributed by atoms with Crippen LogP contribution in [0.5, 0.6) is 0 Å². The number of halogens is 1. The van der Waals surface area contributed by atoms with E-state index in [1.165, 1.54) is 18.7 Å². The minimum absolute atomic E-state index is 0.505. The largest absolute Gasteiger partial charge is 0.332 e. The highest BCUT2D eigenvalue weighted by Gasteiger charge is 2.23. The number of likely N-dealkylation sites (tertiary alicyclic amines) is 1. The number of rotatable bonds is 2. The molecule has 1 aliphatic heterocycles. The fourth-order valence-electron chi connectivity index (χ4n) is 1.89. The van der Waals surface area contributed by atoms with E-state index in [9.17, 15) is 0 Å². The number of aromatic nitrogens is 2. The lowest BCUT2D eigenvalue weighted by Crippen LogP contribution is -2.19. The number of hydrogen-bond acceptors (Lipinski definition) is 2. The first-order valence-electron chi connectivity index (χ1n) is 4.72.